The Hall–Kier alpha value is -3.19. The second-order valence-electron chi connectivity index (χ2n) is 8.15. The van der Waals surface area contributed by atoms with E-state index in [1.165, 1.54) is 12.5 Å². The first-order valence-corrected chi connectivity index (χ1v) is 11.2. The zero-order valence-corrected chi connectivity index (χ0v) is 18.5. The zero-order valence-electron chi connectivity index (χ0n) is 18.5. The van der Waals surface area contributed by atoms with Crippen LogP contribution in [0, 0.1) is 0 Å². The van der Waals surface area contributed by atoms with E-state index in [-0.39, 0.29) is 23.8 Å². The quantitative estimate of drug-likeness (QED) is 0.427. The van der Waals surface area contributed by atoms with Gasteiger partial charge in [-0.15, -0.1) is 0 Å². The summed E-state index contributed by atoms with van der Waals surface area (Å²) in [6.07, 6.45) is 2.57. The molecule has 3 rings (SSSR count). The summed E-state index contributed by atoms with van der Waals surface area (Å²) in [4.78, 5) is 36.9. The number of hydrogen-bond acceptors (Lipinski definition) is 4. The maximum atomic E-state index is 13.0. The molecule has 0 fully saturated rings. The molecule has 1 aliphatic rings. The van der Waals surface area contributed by atoms with Crippen LogP contribution in [0.1, 0.15) is 42.9 Å². The monoisotopic (exact) mass is 436 g/mol. The lowest BCUT2D eigenvalue weighted by atomic mass is 9.95. The Morgan fingerprint density at radius 1 is 0.969 bits per heavy atom. The third kappa shape index (κ3) is 7.20. The van der Waals surface area contributed by atoms with Gasteiger partial charge in [0.25, 0.3) is 0 Å². The first kappa shape index (κ1) is 23.5. The van der Waals surface area contributed by atoms with Crippen molar-refractivity contribution >= 4 is 17.7 Å². The Bertz CT molecular complexity index is 916. The molecule has 170 valence electrons. The summed E-state index contributed by atoms with van der Waals surface area (Å²) in [6.45, 7) is 3.08. The Morgan fingerprint density at radius 2 is 1.69 bits per heavy atom. The average molecular weight is 437 g/mol. The molecule has 2 atom stereocenters. The summed E-state index contributed by atoms with van der Waals surface area (Å²) in [5.74, 6) is -0.432. The lowest BCUT2D eigenvalue weighted by Crippen LogP contribution is -2.54. The van der Waals surface area contributed by atoms with Crippen molar-refractivity contribution < 1.29 is 14.4 Å². The normalized spacial score (nSPS) is 15.8. The van der Waals surface area contributed by atoms with Crippen molar-refractivity contribution in [2.75, 3.05) is 6.54 Å². The smallest absolute Gasteiger partial charge is 0.242 e. The number of benzene rings is 2. The molecule has 2 aromatic rings. The van der Waals surface area contributed by atoms with Crippen molar-refractivity contribution in [3.63, 3.8) is 0 Å². The fraction of sp³-hybridized carbons (Fsp3) is 0.400. The summed E-state index contributed by atoms with van der Waals surface area (Å²) >= 11 is 0. The minimum absolute atomic E-state index is 0.0703. The molecule has 1 heterocycles. The molecule has 7 heteroatoms. The highest BCUT2D eigenvalue weighted by Gasteiger charge is 2.28. The van der Waals surface area contributed by atoms with Crippen molar-refractivity contribution in [3.8, 4) is 0 Å². The molecule has 0 saturated carbocycles. The molecule has 4 N–H and O–H groups in total. The van der Waals surface area contributed by atoms with Crippen LogP contribution in [0.15, 0.2) is 54.6 Å². The molecule has 0 aliphatic carbocycles. The van der Waals surface area contributed by atoms with Gasteiger partial charge in [0.05, 0.1) is 6.04 Å². The van der Waals surface area contributed by atoms with Crippen LogP contribution in [0.2, 0.25) is 0 Å². The average Bonchev–Trinajstić information content (AvgIpc) is 2.81. The zero-order chi connectivity index (χ0) is 22.8. The van der Waals surface area contributed by atoms with Crippen molar-refractivity contribution in [3.05, 3.63) is 71.3 Å². The number of fused-ring (bicyclic) bond motifs is 1. The highest BCUT2D eigenvalue weighted by Crippen LogP contribution is 2.16. The van der Waals surface area contributed by atoms with Crippen LogP contribution in [-0.2, 0) is 33.9 Å². The van der Waals surface area contributed by atoms with E-state index in [0.29, 0.717) is 38.9 Å². The summed E-state index contributed by atoms with van der Waals surface area (Å²) in [6, 6.07) is 16.8. The highest BCUT2D eigenvalue weighted by atomic mass is 16.2. The van der Waals surface area contributed by atoms with E-state index >= 15 is 0 Å². The predicted molar refractivity (Wildman–Crippen MR) is 124 cm³/mol. The van der Waals surface area contributed by atoms with Gasteiger partial charge in [-0.25, -0.2) is 0 Å². The number of hydrogen-bond donors (Lipinski definition) is 4. The van der Waals surface area contributed by atoms with Crippen LogP contribution in [-0.4, -0.2) is 36.3 Å². The molecule has 3 amide bonds. The minimum Gasteiger partial charge on any atom is -0.356 e. The Balaban J connectivity index is 1.57. The van der Waals surface area contributed by atoms with Gasteiger partial charge in [0.1, 0.15) is 6.04 Å². The number of unbranched alkanes of at least 4 members (excludes halogenated alkanes) is 1. The maximum Gasteiger partial charge on any atom is 0.242 e. The second kappa shape index (κ2) is 12.0. The van der Waals surface area contributed by atoms with E-state index < -0.39 is 6.04 Å². The van der Waals surface area contributed by atoms with Crippen molar-refractivity contribution in [2.45, 2.75) is 57.8 Å². The molecule has 0 bridgehead atoms. The van der Waals surface area contributed by atoms with Gasteiger partial charge in [-0.1, -0.05) is 54.6 Å². The van der Waals surface area contributed by atoms with Crippen LogP contribution in [0.25, 0.3) is 0 Å². The highest BCUT2D eigenvalue weighted by molar-refractivity contribution is 5.90. The van der Waals surface area contributed by atoms with Gasteiger partial charge in [-0.3, -0.25) is 14.4 Å². The van der Waals surface area contributed by atoms with Crippen LogP contribution >= 0.6 is 0 Å². The number of carbonyl (C=O) groups excluding carboxylic acids is 3. The largest absolute Gasteiger partial charge is 0.356 e. The summed E-state index contributed by atoms with van der Waals surface area (Å²) in [5, 5.41) is 11.9. The van der Waals surface area contributed by atoms with Crippen molar-refractivity contribution in [1.29, 1.82) is 0 Å². The molecule has 1 aliphatic heterocycles. The van der Waals surface area contributed by atoms with E-state index in [1.54, 1.807) is 0 Å². The first-order chi connectivity index (χ1) is 15.5. The molecule has 0 radical (unpaired) electrons. The van der Waals surface area contributed by atoms with Crippen LogP contribution in [0.3, 0.4) is 0 Å². The van der Waals surface area contributed by atoms with Crippen molar-refractivity contribution in [1.82, 2.24) is 21.3 Å². The van der Waals surface area contributed by atoms with Crippen LogP contribution < -0.4 is 21.3 Å². The summed E-state index contributed by atoms with van der Waals surface area (Å²) in [5.41, 5.74) is 3.36. The molecule has 7 nitrogen and oxygen atoms in total. The molecule has 0 aromatic heterocycles. The third-order valence-corrected chi connectivity index (χ3v) is 5.63. The molecule has 32 heavy (non-hydrogen) atoms. The molecular weight excluding hydrogens is 404 g/mol. The van der Waals surface area contributed by atoms with E-state index in [9.17, 15) is 14.4 Å². The van der Waals surface area contributed by atoms with Gasteiger partial charge < -0.3 is 21.3 Å². The number of carbonyl (C=O) groups is 3. The Kier molecular flexibility index (Phi) is 8.80. The van der Waals surface area contributed by atoms with Gasteiger partial charge in [0, 0.05) is 26.6 Å². The predicted octanol–water partition coefficient (Wildman–Crippen LogP) is 1.81. The fourth-order valence-corrected chi connectivity index (χ4v) is 3.83. The third-order valence-electron chi connectivity index (χ3n) is 5.63. The van der Waals surface area contributed by atoms with E-state index in [4.69, 9.17) is 0 Å². The molecule has 0 spiro atoms. The maximum absolute atomic E-state index is 13.0. The molecule has 1 unspecified atom stereocenters. The van der Waals surface area contributed by atoms with Gasteiger partial charge in [0.15, 0.2) is 0 Å². The number of nitrogens with one attached hydrogen (secondary N) is 4. The lowest BCUT2D eigenvalue weighted by molar-refractivity contribution is -0.130. The SMILES string of the molecule is CC(=O)NCCCC[C@H](NC(=O)C1Cc2ccccc2CN1)C(=O)NCc1ccccc1. The van der Waals surface area contributed by atoms with Crippen LogP contribution in [0.5, 0.6) is 0 Å². The first-order valence-electron chi connectivity index (χ1n) is 11.2. The van der Waals surface area contributed by atoms with Gasteiger partial charge in [-0.2, -0.15) is 0 Å². The second-order valence-corrected chi connectivity index (χ2v) is 8.15. The van der Waals surface area contributed by atoms with Gasteiger partial charge >= 0.3 is 0 Å². The Labute approximate surface area is 189 Å². The number of amides is 3. The summed E-state index contributed by atoms with van der Waals surface area (Å²) < 4.78 is 0. The van der Waals surface area contributed by atoms with Crippen LogP contribution in [0.4, 0.5) is 0 Å². The molecule has 0 saturated heterocycles. The standard InChI is InChI=1S/C25H32N4O3/c1-18(30)26-14-8-7-13-22(24(31)28-16-19-9-3-2-4-10-19)29-25(32)23-15-20-11-5-6-12-21(20)17-27-23/h2-6,9-12,22-23,27H,7-8,13-17H2,1H3,(H,26,30)(H,28,31)(H,29,32)/t22-,23?/m0/s1. The van der Waals surface area contributed by atoms with E-state index in [0.717, 1.165) is 17.5 Å². The number of rotatable bonds is 10. The topological polar surface area (TPSA) is 99.3 Å². The molecular formula is C25H32N4O3. The fourth-order valence-electron chi connectivity index (χ4n) is 3.83. The molecule has 2 aromatic carbocycles. The minimum atomic E-state index is -0.623. The summed E-state index contributed by atoms with van der Waals surface area (Å²) in [7, 11) is 0. The van der Waals surface area contributed by atoms with Gasteiger partial charge in [-0.05, 0) is 42.4 Å². The Morgan fingerprint density at radius 3 is 2.44 bits per heavy atom. The van der Waals surface area contributed by atoms with E-state index in [2.05, 4.69) is 27.3 Å². The lowest BCUT2D eigenvalue weighted by Gasteiger charge is -2.27. The van der Waals surface area contributed by atoms with Crippen molar-refractivity contribution in [2.24, 2.45) is 0 Å². The van der Waals surface area contributed by atoms with E-state index in [1.807, 2.05) is 48.5 Å². The van der Waals surface area contributed by atoms with Gasteiger partial charge in [0.2, 0.25) is 17.7 Å².